The number of carbonyl (C=O) groups excluding carboxylic acids is 2. The molecular formula is C16H23Cl2N3O3. The average molecular weight is 376 g/mol. The van der Waals surface area contributed by atoms with Crippen LogP contribution in [0.15, 0.2) is 18.2 Å². The van der Waals surface area contributed by atoms with Crippen molar-refractivity contribution in [3.05, 3.63) is 28.8 Å². The van der Waals surface area contributed by atoms with Gasteiger partial charge in [0.2, 0.25) is 5.91 Å². The standard InChI is InChI=1S/C16H22ClN3O3.ClH/c1-9(2)15(22)20-11-3-4-13(17)12(5-11)16(23)19-7-10-6-18-8-14(10)21;/h3-5,9-10,14,18,21H,6-8H2,1-2H3,(H,19,23)(H,20,22);1H. The summed E-state index contributed by atoms with van der Waals surface area (Å²) in [6.45, 7) is 5.16. The molecule has 2 unspecified atom stereocenters. The van der Waals surface area contributed by atoms with Gasteiger partial charge in [0.1, 0.15) is 0 Å². The number of halogens is 2. The fraction of sp³-hybridized carbons (Fsp3) is 0.500. The van der Waals surface area contributed by atoms with Crippen molar-refractivity contribution < 1.29 is 14.7 Å². The molecule has 2 rings (SSSR count). The Morgan fingerprint density at radius 1 is 1.38 bits per heavy atom. The third kappa shape index (κ3) is 5.34. The van der Waals surface area contributed by atoms with Crippen LogP contribution < -0.4 is 16.0 Å². The summed E-state index contributed by atoms with van der Waals surface area (Å²) in [6, 6.07) is 4.80. The van der Waals surface area contributed by atoms with E-state index in [2.05, 4.69) is 16.0 Å². The number of amides is 2. The van der Waals surface area contributed by atoms with Crippen LogP contribution in [0.3, 0.4) is 0 Å². The largest absolute Gasteiger partial charge is 0.391 e. The first-order valence-electron chi connectivity index (χ1n) is 7.66. The molecule has 2 atom stereocenters. The normalized spacial score (nSPS) is 19.7. The van der Waals surface area contributed by atoms with Crippen LogP contribution in [0, 0.1) is 11.8 Å². The summed E-state index contributed by atoms with van der Waals surface area (Å²) in [5.74, 6) is -0.616. The molecule has 1 aliphatic rings. The molecule has 0 aliphatic carbocycles. The van der Waals surface area contributed by atoms with Gasteiger partial charge < -0.3 is 21.1 Å². The maximum absolute atomic E-state index is 12.3. The zero-order valence-corrected chi connectivity index (χ0v) is 15.2. The third-order valence-electron chi connectivity index (χ3n) is 3.83. The molecule has 6 nitrogen and oxygen atoms in total. The van der Waals surface area contributed by atoms with Gasteiger partial charge in [0.15, 0.2) is 0 Å². The number of aliphatic hydroxyl groups is 1. The van der Waals surface area contributed by atoms with Gasteiger partial charge in [-0.05, 0) is 18.2 Å². The highest BCUT2D eigenvalue weighted by Crippen LogP contribution is 2.21. The molecule has 4 N–H and O–H groups in total. The first-order valence-corrected chi connectivity index (χ1v) is 8.03. The minimum Gasteiger partial charge on any atom is -0.391 e. The molecule has 1 aromatic rings. The molecule has 1 aromatic carbocycles. The minimum atomic E-state index is -0.456. The lowest BCUT2D eigenvalue weighted by atomic mass is 10.1. The predicted molar refractivity (Wildman–Crippen MR) is 96.9 cm³/mol. The summed E-state index contributed by atoms with van der Waals surface area (Å²) < 4.78 is 0. The lowest BCUT2D eigenvalue weighted by molar-refractivity contribution is -0.118. The summed E-state index contributed by atoms with van der Waals surface area (Å²) in [5.41, 5.74) is 0.828. The Bertz CT molecular complexity index is 596. The van der Waals surface area contributed by atoms with Gasteiger partial charge in [0.25, 0.3) is 5.91 Å². The number of β-amino-alcohol motifs (C(OH)–C–C–N with tert-alkyl or cyclic N) is 1. The maximum Gasteiger partial charge on any atom is 0.252 e. The summed E-state index contributed by atoms with van der Waals surface area (Å²) in [5, 5.41) is 18.6. The van der Waals surface area contributed by atoms with E-state index in [0.29, 0.717) is 35.9 Å². The predicted octanol–water partition coefficient (Wildman–Crippen LogP) is 1.67. The van der Waals surface area contributed by atoms with Gasteiger partial charge in [0.05, 0.1) is 16.7 Å². The van der Waals surface area contributed by atoms with Crippen molar-refractivity contribution in [3.63, 3.8) is 0 Å². The molecule has 24 heavy (non-hydrogen) atoms. The molecule has 1 fully saturated rings. The molecule has 1 heterocycles. The molecule has 2 amide bonds. The first kappa shape index (κ1) is 20.7. The van der Waals surface area contributed by atoms with Crippen LogP contribution in [0.5, 0.6) is 0 Å². The van der Waals surface area contributed by atoms with Gasteiger partial charge in [-0.15, -0.1) is 12.4 Å². The van der Waals surface area contributed by atoms with E-state index in [1.165, 1.54) is 0 Å². The zero-order valence-electron chi connectivity index (χ0n) is 13.6. The van der Waals surface area contributed by atoms with Crippen LogP contribution in [0.4, 0.5) is 5.69 Å². The smallest absolute Gasteiger partial charge is 0.252 e. The summed E-state index contributed by atoms with van der Waals surface area (Å²) in [4.78, 5) is 24.0. The third-order valence-corrected chi connectivity index (χ3v) is 4.16. The quantitative estimate of drug-likeness (QED) is 0.629. The van der Waals surface area contributed by atoms with E-state index in [1.54, 1.807) is 32.0 Å². The lowest BCUT2D eigenvalue weighted by Crippen LogP contribution is -2.34. The van der Waals surface area contributed by atoms with Crippen molar-refractivity contribution in [2.75, 3.05) is 25.0 Å². The summed E-state index contributed by atoms with van der Waals surface area (Å²) >= 11 is 6.08. The fourth-order valence-electron chi connectivity index (χ4n) is 2.31. The number of anilines is 1. The second kappa shape index (κ2) is 9.22. The van der Waals surface area contributed by atoms with E-state index in [9.17, 15) is 14.7 Å². The van der Waals surface area contributed by atoms with E-state index in [0.717, 1.165) is 0 Å². The zero-order chi connectivity index (χ0) is 17.0. The van der Waals surface area contributed by atoms with Gasteiger partial charge in [-0.3, -0.25) is 9.59 Å². The molecule has 8 heteroatoms. The Balaban J connectivity index is 0.00000288. The topological polar surface area (TPSA) is 90.5 Å². The van der Waals surface area contributed by atoms with Crippen LogP contribution in [0.1, 0.15) is 24.2 Å². The highest BCUT2D eigenvalue weighted by molar-refractivity contribution is 6.34. The Hall–Kier alpha value is -1.34. The molecule has 1 saturated heterocycles. The Morgan fingerprint density at radius 3 is 2.67 bits per heavy atom. The molecule has 0 saturated carbocycles. The van der Waals surface area contributed by atoms with Crippen LogP contribution in [0.2, 0.25) is 5.02 Å². The molecule has 0 radical (unpaired) electrons. The van der Waals surface area contributed by atoms with E-state index in [4.69, 9.17) is 11.6 Å². The fourth-order valence-corrected chi connectivity index (χ4v) is 2.51. The van der Waals surface area contributed by atoms with Crippen LogP contribution in [-0.2, 0) is 4.79 Å². The average Bonchev–Trinajstić information content (AvgIpc) is 2.91. The Morgan fingerprint density at radius 2 is 2.08 bits per heavy atom. The molecule has 0 aromatic heterocycles. The molecule has 0 bridgehead atoms. The van der Waals surface area contributed by atoms with Gasteiger partial charge in [-0.25, -0.2) is 0 Å². The van der Waals surface area contributed by atoms with Gasteiger partial charge in [0, 0.05) is 37.2 Å². The first-order chi connectivity index (χ1) is 10.9. The van der Waals surface area contributed by atoms with Gasteiger partial charge >= 0.3 is 0 Å². The second-order valence-electron chi connectivity index (χ2n) is 6.03. The number of carbonyl (C=O) groups is 2. The van der Waals surface area contributed by atoms with Crippen molar-refractivity contribution in [2.45, 2.75) is 20.0 Å². The number of aliphatic hydroxyl groups excluding tert-OH is 1. The van der Waals surface area contributed by atoms with E-state index in [-0.39, 0.29) is 36.1 Å². The van der Waals surface area contributed by atoms with Crippen molar-refractivity contribution in [1.82, 2.24) is 10.6 Å². The van der Waals surface area contributed by atoms with Crippen molar-refractivity contribution in [2.24, 2.45) is 11.8 Å². The SMILES string of the molecule is CC(C)C(=O)Nc1ccc(Cl)c(C(=O)NCC2CNCC2O)c1.Cl. The molecular weight excluding hydrogens is 353 g/mol. The molecule has 0 spiro atoms. The number of hydrogen-bond acceptors (Lipinski definition) is 4. The highest BCUT2D eigenvalue weighted by Gasteiger charge is 2.25. The highest BCUT2D eigenvalue weighted by atomic mass is 35.5. The Kier molecular flexibility index (Phi) is 7.96. The monoisotopic (exact) mass is 375 g/mol. The molecule has 134 valence electrons. The van der Waals surface area contributed by atoms with Crippen LogP contribution >= 0.6 is 24.0 Å². The van der Waals surface area contributed by atoms with Gasteiger partial charge in [-0.2, -0.15) is 0 Å². The van der Waals surface area contributed by atoms with E-state index >= 15 is 0 Å². The second-order valence-corrected chi connectivity index (χ2v) is 6.44. The van der Waals surface area contributed by atoms with Crippen molar-refractivity contribution in [3.8, 4) is 0 Å². The van der Waals surface area contributed by atoms with Crippen LogP contribution in [-0.4, -0.2) is 42.7 Å². The van der Waals surface area contributed by atoms with E-state index in [1.807, 2.05) is 0 Å². The van der Waals surface area contributed by atoms with Crippen molar-refractivity contribution in [1.29, 1.82) is 0 Å². The number of hydrogen-bond donors (Lipinski definition) is 4. The van der Waals surface area contributed by atoms with E-state index < -0.39 is 6.10 Å². The minimum absolute atomic E-state index is 0. The summed E-state index contributed by atoms with van der Waals surface area (Å²) in [6.07, 6.45) is -0.456. The number of rotatable bonds is 5. The Labute approximate surface area is 152 Å². The molecule has 1 aliphatic heterocycles. The summed E-state index contributed by atoms with van der Waals surface area (Å²) in [7, 11) is 0. The number of benzene rings is 1. The van der Waals surface area contributed by atoms with Crippen LogP contribution in [0.25, 0.3) is 0 Å². The van der Waals surface area contributed by atoms with Gasteiger partial charge in [-0.1, -0.05) is 25.4 Å². The maximum atomic E-state index is 12.3. The number of nitrogens with one attached hydrogen (secondary N) is 3. The van der Waals surface area contributed by atoms with Crippen molar-refractivity contribution >= 4 is 41.5 Å². The lowest BCUT2D eigenvalue weighted by Gasteiger charge is -2.15.